The maximum atomic E-state index is 9.88. The van der Waals surface area contributed by atoms with Crippen LogP contribution in [0.2, 0.25) is 0 Å². The predicted octanol–water partition coefficient (Wildman–Crippen LogP) is 8.79. The predicted molar refractivity (Wildman–Crippen MR) is 169 cm³/mol. The van der Waals surface area contributed by atoms with Crippen LogP contribution in [0.15, 0.2) is 128 Å². The van der Waals surface area contributed by atoms with E-state index in [1.165, 1.54) is 0 Å². The van der Waals surface area contributed by atoms with Crippen molar-refractivity contribution in [2.75, 3.05) is 0 Å². The molecule has 0 spiro atoms. The lowest BCUT2D eigenvalue weighted by atomic mass is 9.99. The van der Waals surface area contributed by atoms with Crippen LogP contribution in [0.1, 0.15) is 16.7 Å². The first-order valence-corrected chi connectivity index (χ1v) is 13.7. The minimum Gasteiger partial charge on any atom is -0.309 e. The van der Waals surface area contributed by atoms with Gasteiger partial charge < -0.3 is 4.57 Å². The Morgan fingerprint density at radius 1 is 0.465 bits per heavy atom. The summed E-state index contributed by atoms with van der Waals surface area (Å²) in [6.45, 7) is 0. The number of fused-ring (bicyclic) bond motifs is 3. The molecule has 0 atom stereocenters. The second kappa shape index (κ2) is 10.5. The van der Waals surface area contributed by atoms with Gasteiger partial charge in [-0.05, 0) is 107 Å². The fourth-order valence-electron chi connectivity index (χ4n) is 5.67. The third kappa shape index (κ3) is 4.47. The van der Waals surface area contributed by atoms with Gasteiger partial charge >= 0.3 is 0 Å². The first-order chi connectivity index (χ1) is 21.2. The molecule has 7 aromatic rings. The summed E-state index contributed by atoms with van der Waals surface area (Å²) in [7, 11) is 0. The first-order valence-electron chi connectivity index (χ1n) is 13.7. The van der Waals surface area contributed by atoms with E-state index < -0.39 is 0 Å². The molecule has 0 radical (unpaired) electrons. The van der Waals surface area contributed by atoms with Crippen LogP contribution >= 0.6 is 0 Å². The van der Waals surface area contributed by atoms with E-state index in [0.29, 0.717) is 16.7 Å². The first kappa shape index (κ1) is 25.5. The third-order valence-electron chi connectivity index (χ3n) is 7.83. The molecule has 5 aromatic carbocycles. The molecule has 2 heterocycles. The number of nitrogens with zero attached hydrogens (tertiary/aromatic N) is 5. The molecular formula is C38H21N5. The Morgan fingerprint density at radius 2 is 0.977 bits per heavy atom. The Labute approximate surface area is 248 Å². The molecule has 7 rings (SSSR count). The van der Waals surface area contributed by atoms with Gasteiger partial charge in [0.2, 0.25) is 0 Å². The van der Waals surface area contributed by atoms with Gasteiger partial charge in [-0.1, -0.05) is 36.4 Å². The SMILES string of the molecule is N#Cc1ccc(-c2ccc3c(c2)c2cc(-c4ccc(C#N)cc4)ccc2n3-c2ccc(C#N)c(-c3ccncc3)c2)cc1. The number of hydrogen-bond donors (Lipinski definition) is 0. The highest BCUT2D eigenvalue weighted by atomic mass is 15.0. The third-order valence-corrected chi connectivity index (χ3v) is 7.83. The summed E-state index contributed by atoms with van der Waals surface area (Å²) in [4.78, 5) is 4.15. The zero-order chi connectivity index (χ0) is 29.3. The minimum atomic E-state index is 0.599. The van der Waals surface area contributed by atoms with Crippen molar-refractivity contribution >= 4 is 21.8 Å². The molecule has 0 fully saturated rings. The summed E-state index contributed by atoms with van der Waals surface area (Å²) in [5.41, 5.74) is 10.8. The lowest BCUT2D eigenvalue weighted by Crippen LogP contribution is -1.96. The number of nitriles is 3. The van der Waals surface area contributed by atoms with Crippen LogP contribution in [0.4, 0.5) is 0 Å². The van der Waals surface area contributed by atoms with E-state index in [-0.39, 0.29) is 0 Å². The molecule has 0 bridgehead atoms. The fourth-order valence-corrected chi connectivity index (χ4v) is 5.67. The van der Waals surface area contributed by atoms with E-state index >= 15 is 0 Å². The smallest absolute Gasteiger partial charge is 0.0998 e. The summed E-state index contributed by atoms with van der Waals surface area (Å²) < 4.78 is 2.24. The Morgan fingerprint density at radius 3 is 1.47 bits per heavy atom. The van der Waals surface area contributed by atoms with Crippen LogP contribution in [-0.4, -0.2) is 9.55 Å². The molecule has 198 valence electrons. The van der Waals surface area contributed by atoms with Gasteiger partial charge in [-0.25, -0.2) is 0 Å². The largest absolute Gasteiger partial charge is 0.309 e. The van der Waals surface area contributed by atoms with Crippen molar-refractivity contribution in [2.45, 2.75) is 0 Å². The van der Waals surface area contributed by atoms with Gasteiger partial charge in [0.15, 0.2) is 0 Å². The van der Waals surface area contributed by atoms with E-state index in [0.717, 1.165) is 60.9 Å². The molecule has 0 unspecified atom stereocenters. The minimum absolute atomic E-state index is 0.599. The van der Waals surface area contributed by atoms with Crippen LogP contribution in [0.5, 0.6) is 0 Å². The Hall–Kier alpha value is -6.48. The average molecular weight is 548 g/mol. The summed E-state index contributed by atoms with van der Waals surface area (Å²) in [5.74, 6) is 0. The lowest BCUT2D eigenvalue weighted by Gasteiger charge is -2.12. The molecule has 0 aliphatic carbocycles. The normalized spacial score (nSPS) is 10.7. The molecule has 2 aromatic heterocycles. The van der Waals surface area contributed by atoms with Crippen molar-refractivity contribution in [1.29, 1.82) is 15.8 Å². The van der Waals surface area contributed by atoms with E-state index in [1.807, 2.05) is 72.8 Å². The molecule has 5 nitrogen and oxygen atoms in total. The van der Waals surface area contributed by atoms with Crippen molar-refractivity contribution in [2.24, 2.45) is 0 Å². The fraction of sp³-hybridized carbons (Fsp3) is 0. The number of rotatable bonds is 4. The van der Waals surface area contributed by atoms with Crippen LogP contribution in [0, 0.1) is 34.0 Å². The Kier molecular flexibility index (Phi) is 6.22. The van der Waals surface area contributed by atoms with E-state index in [2.05, 4.69) is 70.2 Å². The standard InChI is InChI=1S/C38H21N5/c39-22-25-1-5-27(6-2-25)30-10-13-37-35(19-30)36-20-31(28-7-3-26(23-40)4-8-28)11-14-38(36)43(37)33-12-9-32(24-41)34(21-33)29-15-17-42-18-16-29/h1-21H. The van der Waals surface area contributed by atoms with Gasteiger partial charge in [-0.15, -0.1) is 0 Å². The molecule has 0 amide bonds. The van der Waals surface area contributed by atoms with Crippen molar-refractivity contribution < 1.29 is 0 Å². The van der Waals surface area contributed by atoms with Crippen molar-refractivity contribution in [1.82, 2.24) is 9.55 Å². The molecule has 5 heteroatoms. The van der Waals surface area contributed by atoms with E-state index in [4.69, 9.17) is 0 Å². The quantitative estimate of drug-likeness (QED) is 0.220. The van der Waals surface area contributed by atoms with Crippen molar-refractivity contribution in [3.05, 3.63) is 144 Å². The molecule has 0 aliphatic heterocycles. The van der Waals surface area contributed by atoms with Gasteiger partial charge in [0.05, 0.1) is 45.9 Å². The topological polar surface area (TPSA) is 89.2 Å². The lowest BCUT2D eigenvalue weighted by molar-refractivity contribution is 1.18. The number of benzene rings is 5. The maximum Gasteiger partial charge on any atom is 0.0998 e. The molecule has 0 saturated carbocycles. The van der Waals surface area contributed by atoms with Crippen molar-refractivity contribution in [3.63, 3.8) is 0 Å². The molecule has 43 heavy (non-hydrogen) atoms. The second-order valence-corrected chi connectivity index (χ2v) is 10.3. The summed E-state index contributed by atoms with van der Waals surface area (Å²) in [5, 5.41) is 30.6. The second-order valence-electron chi connectivity index (χ2n) is 10.3. The highest BCUT2D eigenvalue weighted by Gasteiger charge is 2.16. The molecule has 0 saturated heterocycles. The maximum absolute atomic E-state index is 9.88. The Bertz CT molecular complexity index is 2180. The van der Waals surface area contributed by atoms with Gasteiger partial charge in [0.1, 0.15) is 0 Å². The van der Waals surface area contributed by atoms with E-state index in [1.54, 1.807) is 12.4 Å². The summed E-state index contributed by atoms with van der Waals surface area (Å²) in [6, 6.07) is 44.6. The zero-order valence-electron chi connectivity index (χ0n) is 22.9. The zero-order valence-corrected chi connectivity index (χ0v) is 22.9. The molecule has 0 aliphatic rings. The van der Waals surface area contributed by atoms with Crippen LogP contribution in [-0.2, 0) is 0 Å². The number of aromatic nitrogens is 2. The average Bonchev–Trinajstić information content (AvgIpc) is 3.41. The van der Waals surface area contributed by atoms with Crippen molar-refractivity contribution in [3.8, 4) is 57.3 Å². The highest BCUT2D eigenvalue weighted by Crippen LogP contribution is 2.38. The van der Waals surface area contributed by atoms with Gasteiger partial charge in [0, 0.05) is 34.4 Å². The highest BCUT2D eigenvalue weighted by molar-refractivity contribution is 6.11. The van der Waals surface area contributed by atoms with Crippen LogP contribution in [0.25, 0.3) is 60.9 Å². The van der Waals surface area contributed by atoms with Gasteiger partial charge in [0.25, 0.3) is 0 Å². The van der Waals surface area contributed by atoms with E-state index in [9.17, 15) is 15.8 Å². The Balaban J connectivity index is 1.48. The summed E-state index contributed by atoms with van der Waals surface area (Å²) >= 11 is 0. The van der Waals surface area contributed by atoms with Crippen LogP contribution < -0.4 is 0 Å². The van der Waals surface area contributed by atoms with Gasteiger partial charge in [-0.2, -0.15) is 15.8 Å². The number of pyridine rings is 1. The molecule has 0 N–H and O–H groups in total. The van der Waals surface area contributed by atoms with Gasteiger partial charge in [-0.3, -0.25) is 4.98 Å². The van der Waals surface area contributed by atoms with Crippen LogP contribution in [0.3, 0.4) is 0 Å². The summed E-state index contributed by atoms with van der Waals surface area (Å²) in [6.07, 6.45) is 3.47. The number of hydrogen-bond acceptors (Lipinski definition) is 4. The monoisotopic (exact) mass is 547 g/mol. The molecular weight excluding hydrogens is 526 g/mol.